The van der Waals surface area contributed by atoms with Gasteiger partial charge in [-0.25, -0.2) is 4.98 Å². The summed E-state index contributed by atoms with van der Waals surface area (Å²) >= 11 is 2.82. The van der Waals surface area contributed by atoms with Crippen LogP contribution in [-0.4, -0.2) is 31.4 Å². The molecule has 1 aliphatic rings. The minimum absolute atomic E-state index is 0.112. The molecule has 0 atom stereocenters. The van der Waals surface area contributed by atoms with Gasteiger partial charge in [0.05, 0.1) is 24.3 Å². The summed E-state index contributed by atoms with van der Waals surface area (Å²) in [5.74, 6) is 2.40. The summed E-state index contributed by atoms with van der Waals surface area (Å²) in [4.78, 5) is 17.3. The normalized spacial score (nSPS) is 13.4. The van der Waals surface area contributed by atoms with Crippen LogP contribution in [0.5, 0.6) is 0 Å². The summed E-state index contributed by atoms with van der Waals surface area (Å²) < 4.78 is 7.58. The predicted octanol–water partition coefficient (Wildman–Crippen LogP) is 5.58. The van der Waals surface area contributed by atoms with Crippen LogP contribution in [0.15, 0.2) is 45.5 Å². The highest BCUT2D eigenvalue weighted by molar-refractivity contribution is 7.99. The van der Waals surface area contributed by atoms with Crippen molar-refractivity contribution < 1.29 is 9.21 Å². The average Bonchev–Trinajstić information content (AvgIpc) is 3.11. The van der Waals surface area contributed by atoms with Crippen LogP contribution in [0.1, 0.15) is 47.0 Å². The monoisotopic (exact) mass is 479 g/mol. The van der Waals surface area contributed by atoms with Crippen molar-refractivity contribution in [3.05, 3.63) is 64.2 Å². The van der Waals surface area contributed by atoms with Crippen LogP contribution in [0.4, 0.5) is 5.13 Å². The maximum Gasteiger partial charge on any atom is 0.236 e. The molecule has 0 bridgehead atoms. The first-order chi connectivity index (χ1) is 16.0. The molecule has 9 heteroatoms. The van der Waals surface area contributed by atoms with Crippen LogP contribution in [-0.2, 0) is 11.3 Å². The Bertz CT molecular complexity index is 1270. The van der Waals surface area contributed by atoms with Crippen LogP contribution < -0.4 is 5.32 Å². The summed E-state index contributed by atoms with van der Waals surface area (Å²) in [5, 5.41) is 15.0. The third-order valence-corrected chi connectivity index (χ3v) is 7.32. The van der Waals surface area contributed by atoms with Gasteiger partial charge < -0.3 is 9.73 Å². The number of aromatic nitrogens is 4. The van der Waals surface area contributed by atoms with Gasteiger partial charge in [0.1, 0.15) is 11.6 Å². The van der Waals surface area contributed by atoms with Crippen molar-refractivity contribution in [2.45, 2.75) is 51.2 Å². The van der Waals surface area contributed by atoms with Gasteiger partial charge >= 0.3 is 0 Å². The summed E-state index contributed by atoms with van der Waals surface area (Å²) in [6.07, 6.45) is 3.93. The predicted molar refractivity (Wildman–Crippen MR) is 131 cm³/mol. The molecule has 0 unspecified atom stereocenters. The molecule has 4 aromatic rings. The lowest BCUT2D eigenvalue weighted by atomic mass is 9.98. The van der Waals surface area contributed by atoms with Gasteiger partial charge in [0.15, 0.2) is 10.3 Å². The molecule has 1 aliphatic carbocycles. The van der Waals surface area contributed by atoms with Crippen LogP contribution in [0.25, 0.3) is 11.3 Å². The largest absolute Gasteiger partial charge is 0.467 e. The second kappa shape index (κ2) is 9.15. The number of hydrogen-bond donors (Lipinski definition) is 1. The SMILES string of the molecule is Cc1cc(C)c(-c2csc(NC(=O)CSc3nnc(C4CC4)n3Cc3ccco3)n2)c(C)c1. The highest BCUT2D eigenvalue weighted by Gasteiger charge is 2.31. The van der Waals surface area contributed by atoms with E-state index in [1.165, 1.54) is 39.8 Å². The summed E-state index contributed by atoms with van der Waals surface area (Å²) in [6.45, 7) is 6.86. The van der Waals surface area contributed by atoms with E-state index in [2.05, 4.69) is 58.0 Å². The molecule has 3 aromatic heterocycles. The van der Waals surface area contributed by atoms with E-state index in [0.29, 0.717) is 17.6 Å². The van der Waals surface area contributed by atoms with Gasteiger partial charge in [-0.15, -0.1) is 21.5 Å². The number of nitrogens with one attached hydrogen (secondary N) is 1. The average molecular weight is 480 g/mol. The number of carbonyl (C=O) groups excluding carboxylic acids is 1. The quantitative estimate of drug-likeness (QED) is 0.332. The van der Waals surface area contributed by atoms with Crippen LogP contribution in [0.3, 0.4) is 0 Å². The molecule has 1 aromatic carbocycles. The summed E-state index contributed by atoms with van der Waals surface area (Å²) in [5.41, 5.74) is 5.64. The van der Waals surface area contributed by atoms with Gasteiger partial charge in [0.25, 0.3) is 0 Å². The van der Waals surface area contributed by atoms with E-state index < -0.39 is 0 Å². The number of carbonyl (C=O) groups is 1. The Kier molecular flexibility index (Phi) is 6.07. The standard InChI is InChI=1S/C24H25N5O2S2/c1-14-9-15(2)21(16(3)10-14)19-12-32-23(25-19)26-20(30)13-33-24-28-27-22(17-6-7-17)29(24)11-18-5-4-8-31-18/h4-5,8-10,12,17H,6-7,11,13H2,1-3H3,(H,25,26,30). The third-order valence-electron chi connectivity index (χ3n) is 5.60. The second-order valence-corrected chi connectivity index (χ2v) is 10.2. The maximum absolute atomic E-state index is 12.7. The Morgan fingerprint density at radius 1 is 1.24 bits per heavy atom. The number of rotatable bonds is 8. The van der Waals surface area contributed by atoms with E-state index >= 15 is 0 Å². The first-order valence-electron chi connectivity index (χ1n) is 10.9. The fourth-order valence-electron chi connectivity index (χ4n) is 4.07. The van der Waals surface area contributed by atoms with Crippen molar-refractivity contribution in [2.75, 3.05) is 11.1 Å². The van der Waals surface area contributed by atoms with Crippen molar-refractivity contribution in [2.24, 2.45) is 0 Å². The highest BCUT2D eigenvalue weighted by Crippen LogP contribution is 2.40. The molecule has 170 valence electrons. The van der Waals surface area contributed by atoms with Crippen molar-refractivity contribution in [1.29, 1.82) is 0 Å². The lowest BCUT2D eigenvalue weighted by molar-refractivity contribution is -0.113. The number of furan rings is 1. The van der Waals surface area contributed by atoms with Gasteiger partial charge in [-0.1, -0.05) is 29.5 Å². The van der Waals surface area contributed by atoms with E-state index in [1.54, 1.807) is 6.26 Å². The lowest BCUT2D eigenvalue weighted by Gasteiger charge is -2.09. The highest BCUT2D eigenvalue weighted by atomic mass is 32.2. The van der Waals surface area contributed by atoms with Crippen LogP contribution in [0.2, 0.25) is 0 Å². The second-order valence-electron chi connectivity index (χ2n) is 8.43. The number of hydrogen-bond acceptors (Lipinski definition) is 7. The Morgan fingerprint density at radius 3 is 2.73 bits per heavy atom. The molecule has 1 fully saturated rings. The van der Waals surface area contributed by atoms with E-state index in [0.717, 1.165) is 40.8 Å². The molecular formula is C24H25N5O2S2. The number of thiazole rings is 1. The van der Waals surface area contributed by atoms with E-state index in [1.807, 2.05) is 17.5 Å². The van der Waals surface area contributed by atoms with E-state index in [-0.39, 0.29) is 11.7 Å². The molecule has 7 nitrogen and oxygen atoms in total. The first kappa shape index (κ1) is 21.9. The summed E-state index contributed by atoms with van der Waals surface area (Å²) in [6, 6.07) is 8.13. The molecule has 0 saturated heterocycles. The number of benzene rings is 1. The number of amides is 1. The Balaban J connectivity index is 1.25. The molecule has 33 heavy (non-hydrogen) atoms. The molecule has 5 rings (SSSR count). The zero-order valence-corrected chi connectivity index (χ0v) is 20.4. The number of anilines is 1. The van der Waals surface area contributed by atoms with Gasteiger partial charge in [0, 0.05) is 16.9 Å². The molecule has 1 N–H and O–H groups in total. The van der Waals surface area contributed by atoms with Crippen molar-refractivity contribution in [1.82, 2.24) is 19.7 Å². The van der Waals surface area contributed by atoms with E-state index in [9.17, 15) is 4.79 Å². The molecule has 0 spiro atoms. The topological polar surface area (TPSA) is 85.8 Å². The smallest absolute Gasteiger partial charge is 0.236 e. The fourth-order valence-corrected chi connectivity index (χ4v) is 5.54. The Hall–Kier alpha value is -2.91. The third kappa shape index (κ3) is 4.89. The Morgan fingerprint density at radius 2 is 2.03 bits per heavy atom. The first-order valence-corrected chi connectivity index (χ1v) is 12.8. The lowest BCUT2D eigenvalue weighted by Crippen LogP contribution is -2.15. The Labute approximate surface area is 200 Å². The number of aryl methyl sites for hydroxylation is 3. The van der Waals surface area contributed by atoms with Gasteiger partial charge in [-0.3, -0.25) is 9.36 Å². The minimum Gasteiger partial charge on any atom is -0.467 e. The molecule has 0 radical (unpaired) electrons. The maximum atomic E-state index is 12.7. The van der Waals surface area contributed by atoms with Crippen molar-refractivity contribution in [3.8, 4) is 11.3 Å². The summed E-state index contributed by atoms with van der Waals surface area (Å²) in [7, 11) is 0. The van der Waals surface area contributed by atoms with Crippen molar-refractivity contribution in [3.63, 3.8) is 0 Å². The molecular weight excluding hydrogens is 454 g/mol. The number of thioether (sulfide) groups is 1. The fraction of sp³-hybridized carbons (Fsp3) is 0.333. The zero-order valence-electron chi connectivity index (χ0n) is 18.8. The minimum atomic E-state index is -0.112. The van der Waals surface area contributed by atoms with Gasteiger partial charge in [-0.2, -0.15) is 0 Å². The van der Waals surface area contributed by atoms with Crippen LogP contribution in [0, 0.1) is 20.8 Å². The van der Waals surface area contributed by atoms with E-state index in [4.69, 9.17) is 4.42 Å². The van der Waals surface area contributed by atoms with Gasteiger partial charge in [0.2, 0.25) is 5.91 Å². The molecule has 1 saturated carbocycles. The van der Waals surface area contributed by atoms with Gasteiger partial charge in [-0.05, 0) is 56.9 Å². The number of nitrogens with zero attached hydrogens (tertiary/aromatic N) is 4. The zero-order chi connectivity index (χ0) is 22.9. The molecule has 1 amide bonds. The molecule has 0 aliphatic heterocycles. The molecule has 3 heterocycles. The van der Waals surface area contributed by atoms with Crippen LogP contribution >= 0.6 is 23.1 Å². The van der Waals surface area contributed by atoms with Crippen molar-refractivity contribution >= 4 is 34.1 Å².